The number of carbonyl (C=O) groups excluding carboxylic acids is 1. The van der Waals surface area contributed by atoms with E-state index in [-0.39, 0.29) is 18.1 Å². The van der Waals surface area contributed by atoms with Crippen molar-refractivity contribution in [3.05, 3.63) is 59.7 Å². The number of amides is 1. The van der Waals surface area contributed by atoms with Gasteiger partial charge < -0.3 is 15.2 Å². The second-order valence-corrected chi connectivity index (χ2v) is 5.85. The van der Waals surface area contributed by atoms with Crippen molar-refractivity contribution >= 4 is 17.6 Å². The van der Waals surface area contributed by atoms with E-state index in [0.29, 0.717) is 17.7 Å². The van der Waals surface area contributed by atoms with Gasteiger partial charge in [-0.1, -0.05) is 37.3 Å². The Morgan fingerprint density at radius 1 is 1.12 bits per heavy atom. The number of carboxylic acids is 1. The lowest BCUT2D eigenvalue weighted by Crippen LogP contribution is -2.16. The molecule has 1 unspecified atom stereocenters. The third-order valence-electron chi connectivity index (χ3n) is 3.74. The molecule has 0 bridgehead atoms. The predicted octanol–water partition coefficient (Wildman–Crippen LogP) is 3.73. The van der Waals surface area contributed by atoms with Gasteiger partial charge in [0.2, 0.25) is 5.91 Å². The number of rotatable bonds is 8. The Hall–Kier alpha value is -2.96. The molecule has 0 heterocycles. The van der Waals surface area contributed by atoms with Crippen molar-refractivity contribution in [2.24, 2.45) is 5.92 Å². The molecule has 0 fully saturated rings. The standard InChI is InChI=1S/C19H19F2NO4/c1-12(18(24)25)10-13-6-8-15(9-7-13)22-17(23)11-14-4-2-3-5-16(14)26-19(20)21/h2-9,12,19H,10-11H2,1H3,(H,22,23)(H,24,25). The number of para-hydroxylation sites is 1. The van der Waals surface area contributed by atoms with Crippen LogP contribution in [-0.4, -0.2) is 23.6 Å². The third-order valence-corrected chi connectivity index (χ3v) is 3.74. The molecule has 0 aromatic heterocycles. The van der Waals surface area contributed by atoms with E-state index in [4.69, 9.17) is 5.11 Å². The fourth-order valence-corrected chi connectivity index (χ4v) is 2.40. The minimum absolute atomic E-state index is 0.0318. The first kappa shape index (κ1) is 19.4. The van der Waals surface area contributed by atoms with Crippen LogP contribution in [0.1, 0.15) is 18.1 Å². The maximum atomic E-state index is 12.4. The maximum Gasteiger partial charge on any atom is 0.387 e. The largest absolute Gasteiger partial charge is 0.481 e. The maximum absolute atomic E-state index is 12.4. The number of alkyl halides is 2. The van der Waals surface area contributed by atoms with E-state index in [1.54, 1.807) is 49.4 Å². The summed E-state index contributed by atoms with van der Waals surface area (Å²) in [5.41, 5.74) is 1.74. The summed E-state index contributed by atoms with van der Waals surface area (Å²) in [6.45, 7) is -1.34. The molecule has 0 saturated carbocycles. The van der Waals surface area contributed by atoms with E-state index < -0.39 is 18.5 Å². The van der Waals surface area contributed by atoms with Crippen LogP contribution in [0.4, 0.5) is 14.5 Å². The number of nitrogens with one attached hydrogen (secondary N) is 1. The molecule has 2 rings (SSSR count). The van der Waals surface area contributed by atoms with Gasteiger partial charge in [0.15, 0.2) is 0 Å². The van der Waals surface area contributed by atoms with Gasteiger partial charge in [-0.05, 0) is 30.2 Å². The Kier molecular flexibility index (Phi) is 6.66. The van der Waals surface area contributed by atoms with Crippen LogP contribution in [0.5, 0.6) is 5.75 Å². The van der Waals surface area contributed by atoms with Crippen LogP contribution < -0.4 is 10.1 Å². The number of anilines is 1. The molecule has 7 heteroatoms. The molecule has 2 aromatic carbocycles. The van der Waals surface area contributed by atoms with Crippen LogP contribution in [0.3, 0.4) is 0 Å². The fourth-order valence-electron chi connectivity index (χ4n) is 2.40. The van der Waals surface area contributed by atoms with Crippen molar-refractivity contribution in [2.45, 2.75) is 26.4 Å². The van der Waals surface area contributed by atoms with Gasteiger partial charge in [-0.25, -0.2) is 0 Å². The zero-order valence-electron chi connectivity index (χ0n) is 14.1. The molecule has 2 N–H and O–H groups in total. The monoisotopic (exact) mass is 363 g/mol. The highest BCUT2D eigenvalue weighted by Gasteiger charge is 2.13. The van der Waals surface area contributed by atoms with E-state index in [0.717, 1.165) is 5.56 Å². The summed E-state index contributed by atoms with van der Waals surface area (Å²) < 4.78 is 29.2. The molecule has 0 saturated heterocycles. The van der Waals surface area contributed by atoms with Gasteiger partial charge >= 0.3 is 12.6 Å². The van der Waals surface area contributed by atoms with Gasteiger partial charge in [0.25, 0.3) is 0 Å². The predicted molar refractivity (Wildman–Crippen MR) is 92.4 cm³/mol. The summed E-state index contributed by atoms with van der Waals surface area (Å²) in [5, 5.41) is 11.6. The van der Waals surface area contributed by atoms with Crippen LogP contribution in [0.25, 0.3) is 0 Å². The van der Waals surface area contributed by atoms with Gasteiger partial charge in [0.1, 0.15) is 5.75 Å². The number of benzene rings is 2. The fraction of sp³-hybridized carbons (Fsp3) is 0.263. The van der Waals surface area contributed by atoms with Crippen LogP contribution in [0.15, 0.2) is 48.5 Å². The highest BCUT2D eigenvalue weighted by atomic mass is 19.3. The Morgan fingerprint density at radius 2 is 1.77 bits per heavy atom. The number of hydrogen-bond acceptors (Lipinski definition) is 3. The minimum atomic E-state index is -2.96. The molecule has 0 aliphatic rings. The SMILES string of the molecule is CC(Cc1ccc(NC(=O)Cc2ccccc2OC(F)F)cc1)C(=O)O. The van der Waals surface area contributed by atoms with Crippen LogP contribution in [-0.2, 0) is 22.4 Å². The average molecular weight is 363 g/mol. The highest BCUT2D eigenvalue weighted by molar-refractivity contribution is 5.92. The Bertz CT molecular complexity index is 762. The second-order valence-electron chi connectivity index (χ2n) is 5.85. The molecule has 138 valence electrons. The van der Waals surface area contributed by atoms with Gasteiger partial charge in [-0.2, -0.15) is 8.78 Å². The molecule has 26 heavy (non-hydrogen) atoms. The van der Waals surface area contributed by atoms with Gasteiger partial charge in [0.05, 0.1) is 12.3 Å². The molecule has 5 nitrogen and oxygen atoms in total. The number of carboxylic acid groups (broad SMARTS) is 1. The minimum Gasteiger partial charge on any atom is -0.481 e. The number of carbonyl (C=O) groups is 2. The molecule has 0 radical (unpaired) electrons. The summed E-state index contributed by atoms with van der Waals surface area (Å²) >= 11 is 0. The molecular formula is C19H19F2NO4. The first-order chi connectivity index (χ1) is 12.3. The van der Waals surface area contributed by atoms with Crippen molar-refractivity contribution in [3.8, 4) is 5.75 Å². The molecule has 0 aliphatic carbocycles. The molecule has 0 spiro atoms. The summed E-state index contributed by atoms with van der Waals surface area (Å²) in [5.74, 6) is -1.77. The number of ether oxygens (including phenoxy) is 1. The third kappa shape index (κ3) is 5.84. The number of aliphatic carboxylic acids is 1. The van der Waals surface area contributed by atoms with Gasteiger partial charge in [-0.3, -0.25) is 9.59 Å². The van der Waals surface area contributed by atoms with E-state index in [1.165, 1.54) is 6.07 Å². The van der Waals surface area contributed by atoms with Crippen molar-refractivity contribution in [2.75, 3.05) is 5.32 Å². The smallest absolute Gasteiger partial charge is 0.387 e. The second kappa shape index (κ2) is 8.94. The number of halogens is 2. The lowest BCUT2D eigenvalue weighted by atomic mass is 10.0. The van der Waals surface area contributed by atoms with Crippen molar-refractivity contribution in [3.63, 3.8) is 0 Å². The Labute approximate surface area is 149 Å². The first-order valence-electron chi connectivity index (χ1n) is 7.99. The molecule has 1 atom stereocenters. The Morgan fingerprint density at radius 3 is 2.38 bits per heavy atom. The molecule has 2 aromatic rings. The van der Waals surface area contributed by atoms with Crippen LogP contribution >= 0.6 is 0 Å². The lowest BCUT2D eigenvalue weighted by Gasteiger charge is -2.11. The molecule has 1 amide bonds. The van der Waals surface area contributed by atoms with Gasteiger partial charge in [0, 0.05) is 11.3 Å². The van der Waals surface area contributed by atoms with Crippen molar-refractivity contribution < 1.29 is 28.2 Å². The Balaban J connectivity index is 1.97. The quantitative estimate of drug-likeness (QED) is 0.749. The summed E-state index contributed by atoms with van der Waals surface area (Å²) in [7, 11) is 0. The lowest BCUT2D eigenvalue weighted by molar-refractivity contribution is -0.141. The van der Waals surface area contributed by atoms with Crippen LogP contribution in [0.2, 0.25) is 0 Å². The van der Waals surface area contributed by atoms with E-state index >= 15 is 0 Å². The highest BCUT2D eigenvalue weighted by Crippen LogP contribution is 2.21. The van der Waals surface area contributed by atoms with Crippen molar-refractivity contribution in [1.29, 1.82) is 0 Å². The first-order valence-corrected chi connectivity index (χ1v) is 7.99. The molecular weight excluding hydrogens is 344 g/mol. The average Bonchev–Trinajstić information content (AvgIpc) is 2.58. The van der Waals surface area contributed by atoms with Crippen LogP contribution in [0, 0.1) is 5.92 Å². The normalized spacial score (nSPS) is 11.8. The zero-order valence-corrected chi connectivity index (χ0v) is 14.1. The topological polar surface area (TPSA) is 75.6 Å². The number of hydrogen-bond donors (Lipinski definition) is 2. The summed E-state index contributed by atoms with van der Waals surface area (Å²) in [6, 6.07) is 12.9. The van der Waals surface area contributed by atoms with E-state index in [9.17, 15) is 18.4 Å². The van der Waals surface area contributed by atoms with E-state index in [2.05, 4.69) is 10.1 Å². The van der Waals surface area contributed by atoms with Crippen molar-refractivity contribution in [1.82, 2.24) is 0 Å². The summed E-state index contributed by atoms with van der Waals surface area (Å²) in [4.78, 5) is 23.0. The molecule has 0 aliphatic heterocycles. The summed E-state index contributed by atoms with van der Waals surface area (Å²) in [6.07, 6.45) is 0.280. The van der Waals surface area contributed by atoms with E-state index in [1.807, 2.05) is 0 Å². The zero-order chi connectivity index (χ0) is 19.1. The van der Waals surface area contributed by atoms with Gasteiger partial charge in [-0.15, -0.1) is 0 Å².